The van der Waals surface area contributed by atoms with Crippen molar-refractivity contribution in [2.24, 2.45) is 0 Å². The van der Waals surface area contributed by atoms with Crippen LogP contribution in [0.25, 0.3) is 0 Å². The van der Waals surface area contributed by atoms with E-state index in [2.05, 4.69) is 20.6 Å². The van der Waals surface area contributed by atoms with Gasteiger partial charge in [-0.05, 0) is 19.9 Å². The average Bonchev–Trinajstić information content (AvgIpc) is 2.37. The predicted molar refractivity (Wildman–Crippen MR) is 75.7 cm³/mol. The van der Waals surface area contributed by atoms with Gasteiger partial charge in [-0.15, -0.1) is 0 Å². The van der Waals surface area contributed by atoms with Crippen LogP contribution in [0, 0.1) is 25.5 Å². The summed E-state index contributed by atoms with van der Waals surface area (Å²) in [6.07, 6.45) is 0. The molecule has 1 aromatic carbocycles. The van der Waals surface area contributed by atoms with Gasteiger partial charge in [0.15, 0.2) is 5.82 Å². The Morgan fingerprint density at radius 3 is 2.35 bits per heavy atom. The molecule has 0 bridgehead atoms. The molecule has 0 fully saturated rings. The molecule has 2 aromatic rings. The number of benzene rings is 1. The number of anilines is 3. The SMILES string of the molecule is CNc1nc(C)nc(Nc2c(F)cc(F)cc2Cl)c1C. The molecule has 0 atom stereocenters. The third-order valence-electron chi connectivity index (χ3n) is 2.74. The van der Waals surface area contributed by atoms with Crippen LogP contribution in [0.1, 0.15) is 11.4 Å². The Labute approximate surface area is 120 Å². The van der Waals surface area contributed by atoms with E-state index in [1.165, 1.54) is 0 Å². The highest BCUT2D eigenvalue weighted by Crippen LogP contribution is 2.31. The topological polar surface area (TPSA) is 49.8 Å². The summed E-state index contributed by atoms with van der Waals surface area (Å²) in [4.78, 5) is 8.40. The number of halogens is 3. The van der Waals surface area contributed by atoms with Crippen molar-refractivity contribution in [3.05, 3.63) is 40.2 Å². The molecule has 2 rings (SSSR count). The van der Waals surface area contributed by atoms with E-state index in [0.717, 1.165) is 12.1 Å². The Bertz CT molecular complexity index is 638. The van der Waals surface area contributed by atoms with Gasteiger partial charge in [-0.25, -0.2) is 18.7 Å². The molecule has 7 heteroatoms. The maximum Gasteiger partial charge on any atom is 0.151 e. The summed E-state index contributed by atoms with van der Waals surface area (Å²) in [6, 6.07) is 1.80. The van der Waals surface area contributed by atoms with Crippen LogP contribution in [0.4, 0.5) is 26.1 Å². The van der Waals surface area contributed by atoms with Crippen LogP contribution in [-0.2, 0) is 0 Å². The highest BCUT2D eigenvalue weighted by Gasteiger charge is 2.14. The molecule has 0 aliphatic carbocycles. The number of nitrogens with zero attached hydrogens (tertiary/aromatic N) is 2. The lowest BCUT2D eigenvalue weighted by Gasteiger charge is -2.14. The summed E-state index contributed by atoms with van der Waals surface area (Å²) in [5.41, 5.74) is 0.689. The molecule has 2 N–H and O–H groups in total. The van der Waals surface area contributed by atoms with Gasteiger partial charge in [-0.2, -0.15) is 0 Å². The van der Waals surface area contributed by atoms with E-state index >= 15 is 0 Å². The Morgan fingerprint density at radius 1 is 1.10 bits per heavy atom. The summed E-state index contributed by atoms with van der Waals surface area (Å²) in [6.45, 7) is 3.50. The number of aryl methyl sites for hydroxylation is 1. The van der Waals surface area contributed by atoms with Gasteiger partial charge in [-0.1, -0.05) is 11.6 Å². The summed E-state index contributed by atoms with van der Waals surface area (Å²) >= 11 is 5.85. The van der Waals surface area contributed by atoms with Crippen LogP contribution in [-0.4, -0.2) is 17.0 Å². The molecule has 0 aliphatic rings. The minimum Gasteiger partial charge on any atom is -0.373 e. The molecule has 0 spiro atoms. The molecule has 1 heterocycles. The first-order valence-corrected chi connectivity index (χ1v) is 6.24. The quantitative estimate of drug-likeness (QED) is 0.904. The van der Waals surface area contributed by atoms with Gasteiger partial charge in [0.2, 0.25) is 0 Å². The number of nitrogens with one attached hydrogen (secondary N) is 2. The van der Waals surface area contributed by atoms with Crippen molar-refractivity contribution >= 4 is 28.9 Å². The van der Waals surface area contributed by atoms with E-state index in [-0.39, 0.29) is 10.7 Å². The zero-order chi connectivity index (χ0) is 14.9. The van der Waals surface area contributed by atoms with E-state index in [1.807, 2.05) is 0 Å². The van der Waals surface area contributed by atoms with E-state index in [9.17, 15) is 8.78 Å². The molecule has 0 saturated heterocycles. The third kappa shape index (κ3) is 2.80. The van der Waals surface area contributed by atoms with Crippen LogP contribution >= 0.6 is 11.6 Å². The van der Waals surface area contributed by atoms with Gasteiger partial charge in [0, 0.05) is 18.7 Å². The van der Waals surface area contributed by atoms with Crippen LogP contribution < -0.4 is 10.6 Å². The van der Waals surface area contributed by atoms with Crippen LogP contribution in [0.5, 0.6) is 0 Å². The van der Waals surface area contributed by atoms with E-state index in [4.69, 9.17) is 11.6 Å². The van der Waals surface area contributed by atoms with Gasteiger partial charge < -0.3 is 10.6 Å². The van der Waals surface area contributed by atoms with Crippen LogP contribution in [0.2, 0.25) is 5.02 Å². The number of rotatable bonds is 3. The third-order valence-corrected chi connectivity index (χ3v) is 3.04. The zero-order valence-electron chi connectivity index (χ0n) is 11.2. The smallest absolute Gasteiger partial charge is 0.151 e. The van der Waals surface area contributed by atoms with E-state index in [0.29, 0.717) is 23.0 Å². The largest absolute Gasteiger partial charge is 0.373 e. The molecule has 0 unspecified atom stereocenters. The van der Waals surface area contributed by atoms with Gasteiger partial charge in [0.1, 0.15) is 23.3 Å². The summed E-state index contributed by atoms with van der Waals surface area (Å²) in [7, 11) is 1.73. The molecule has 0 aliphatic heterocycles. The lowest BCUT2D eigenvalue weighted by atomic mass is 10.2. The second-order valence-electron chi connectivity index (χ2n) is 4.21. The Kier molecular flexibility index (Phi) is 4.04. The number of aromatic nitrogens is 2. The van der Waals surface area contributed by atoms with Gasteiger partial charge in [-0.3, -0.25) is 0 Å². The fourth-order valence-electron chi connectivity index (χ4n) is 1.77. The fraction of sp³-hybridized carbons (Fsp3) is 0.231. The second kappa shape index (κ2) is 5.58. The monoisotopic (exact) mass is 298 g/mol. The molecule has 20 heavy (non-hydrogen) atoms. The maximum atomic E-state index is 13.8. The minimum atomic E-state index is -0.781. The predicted octanol–water partition coefficient (Wildman–Crippen LogP) is 3.81. The Balaban J connectivity index is 2.48. The first-order chi connectivity index (χ1) is 9.42. The molecule has 4 nitrogen and oxygen atoms in total. The van der Waals surface area contributed by atoms with Crippen molar-refractivity contribution in [3.63, 3.8) is 0 Å². The maximum absolute atomic E-state index is 13.8. The zero-order valence-corrected chi connectivity index (χ0v) is 11.9. The Morgan fingerprint density at radius 2 is 1.75 bits per heavy atom. The van der Waals surface area contributed by atoms with Gasteiger partial charge >= 0.3 is 0 Å². The van der Waals surface area contributed by atoms with Crippen molar-refractivity contribution in [1.29, 1.82) is 0 Å². The standard InChI is InChI=1S/C13H13ClF2N4/c1-6-12(17-3)18-7(2)19-13(6)20-11-9(14)4-8(15)5-10(11)16/h4-5H,1-3H3,(H2,17,18,19,20). The minimum absolute atomic E-state index is 0.0173. The summed E-state index contributed by atoms with van der Waals surface area (Å²) in [5.74, 6) is 0.0372. The normalized spacial score (nSPS) is 10.5. The fourth-order valence-corrected chi connectivity index (χ4v) is 2.02. The first kappa shape index (κ1) is 14.5. The van der Waals surface area contributed by atoms with E-state index < -0.39 is 11.6 Å². The molecule has 0 radical (unpaired) electrons. The highest BCUT2D eigenvalue weighted by molar-refractivity contribution is 6.33. The first-order valence-electron chi connectivity index (χ1n) is 5.87. The Hall–Kier alpha value is -1.95. The molecule has 0 amide bonds. The average molecular weight is 299 g/mol. The van der Waals surface area contributed by atoms with E-state index in [1.54, 1.807) is 20.9 Å². The van der Waals surface area contributed by atoms with Crippen molar-refractivity contribution in [2.45, 2.75) is 13.8 Å². The lowest BCUT2D eigenvalue weighted by molar-refractivity contribution is 0.586. The van der Waals surface area contributed by atoms with Crippen molar-refractivity contribution in [1.82, 2.24) is 9.97 Å². The number of hydrogen-bond donors (Lipinski definition) is 2. The van der Waals surface area contributed by atoms with Gasteiger partial charge in [0.05, 0.1) is 10.7 Å². The highest BCUT2D eigenvalue weighted by atomic mass is 35.5. The lowest BCUT2D eigenvalue weighted by Crippen LogP contribution is -2.06. The molecule has 106 valence electrons. The van der Waals surface area contributed by atoms with Crippen molar-refractivity contribution in [2.75, 3.05) is 17.7 Å². The molecular formula is C13H13ClF2N4. The van der Waals surface area contributed by atoms with Crippen molar-refractivity contribution in [3.8, 4) is 0 Å². The van der Waals surface area contributed by atoms with Crippen molar-refractivity contribution < 1.29 is 8.78 Å². The molecule has 1 aromatic heterocycles. The molecular weight excluding hydrogens is 286 g/mol. The summed E-state index contributed by atoms with van der Waals surface area (Å²) in [5, 5.41) is 5.66. The second-order valence-corrected chi connectivity index (χ2v) is 4.62. The number of hydrogen-bond acceptors (Lipinski definition) is 4. The van der Waals surface area contributed by atoms with Crippen LogP contribution in [0.3, 0.4) is 0 Å². The van der Waals surface area contributed by atoms with Gasteiger partial charge in [0.25, 0.3) is 0 Å². The van der Waals surface area contributed by atoms with Crippen LogP contribution in [0.15, 0.2) is 12.1 Å². The summed E-state index contributed by atoms with van der Waals surface area (Å²) < 4.78 is 26.8. The molecule has 0 saturated carbocycles.